The molecular formula is C35H30N4O11S2. The van der Waals surface area contributed by atoms with E-state index in [1.807, 2.05) is 0 Å². The van der Waals surface area contributed by atoms with Crippen molar-refractivity contribution in [3.05, 3.63) is 129 Å². The number of rotatable bonds is 6. The van der Waals surface area contributed by atoms with Gasteiger partial charge in [-0.1, -0.05) is 35.4 Å². The third-order valence-electron chi connectivity index (χ3n) is 8.76. The van der Waals surface area contributed by atoms with E-state index < -0.39 is 49.9 Å². The zero-order valence-electron chi connectivity index (χ0n) is 26.9. The van der Waals surface area contributed by atoms with Crippen molar-refractivity contribution in [2.45, 2.75) is 25.7 Å². The van der Waals surface area contributed by atoms with E-state index in [2.05, 4.69) is 20.6 Å². The Kier molecular flexibility index (Phi) is 9.78. The standard InChI is InChI=1S/C35H30N4O11S2/c40-29-13-9-19-7-11-25(51(45,46)47)17-27(19)31(29)38-33(42)21-3-1-5-23(15-21)36-35(44)37-24-6-2-4-22(16-24)34(43)39-32-28-18-26(52(48,49)50)12-8-20(28)10-14-30(32)41/h1-8,11-16,27-28,40-41H,9-10,17-18H2,(H2,36,37,44)(H,45,46,47)(H,48,49,50). The zero-order chi connectivity index (χ0) is 37.4. The van der Waals surface area contributed by atoms with Gasteiger partial charge >= 0.3 is 6.03 Å². The smallest absolute Gasteiger partial charge is 0.323 e. The van der Waals surface area contributed by atoms with Gasteiger partial charge in [-0.2, -0.15) is 16.8 Å². The van der Waals surface area contributed by atoms with Crippen molar-refractivity contribution in [1.82, 2.24) is 0 Å². The van der Waals surface area contributed by atoms with E-state index in [4.69, 9.17) is 0 Å². The largest absolute Gasteiger partial charge is 0.506 e. The van der Waals surface area contributed by atoms with Crippen LogP contribution in [0.1, 0.15) is 46.4 Å². The molecule has 15 nitrogen and oxygen atoms in total. The third-order valence-corrected chi connectivity index (χ3v) is 10.7. The Morgan fingerprint density at radius 2 is 1.04 bits per heavy atom. The predicted molar refractivity (Wildman–Crippen MR) is 191 cm³/mol. The van der Waals surface area contributed by atoms with E-state index in [9.17, 15) is 50.5 Å². The first-order chi connectivity index (χ1) is 24.6. The van der Waals surface area contributed by atoms with E-state index in [-0.39, 0.29) is 68.1 Å². The summed E-state index contributed by atoms with van der Waals surface area (Å²) in [6, 6.07) is 10.8. The SMILES string of the molecule is O=C(Nc1cccc(C(=O)N=C2C(O)=CCC3=CC=C(S(=O)(=O)O)CC32)c1)Nc1cccc(C(=O)N=C2C(O)=CCC3=CC=C(S(=O)(=O)O)CC32)c1. The van der Waals surface area contributed by atoms with E-state index in [1.54, 1.807) is 0 Å². The minimum atomic E-state index is -4.49. The number of fused-ring (bicyclic) bond motifs is 2. The maximum atomic E-state index is 13.2. The number of aliphatic hydroxyl groups is 2. The van der Waals surface area contributed by atoms with Crippen molar-refractivity contribution >= 4 is 60.9 Å². The molecule has 2 atom stereocenters. The molecule has 0 aromatic heterocycles. The average molecular weight is 747 g/mol. The Balaban J connectivity index is 1.14. The van der Waals surface area contributed by atoms with Crippen LogP contribution in [0.3, 0.4) is 0 Å². The third kappa shape index (κ3) is 7.92. The fourth-order valence-electron chi connectivity index (χ4n) is 6.15. The Hall–Kier alpha value is -5.75. The van der Waals surface area contributed by atoms with Crippen LogP contribution in [-0.2, 0) is 20.2 Å². The van der Waals surface area contributed by atoms with Crippen LogP contribution in [0, 0.1) is 11.8 Å². The second-order valence-corrected chi connectivity index (χ2v) is 15.1. The molecule has 17 heteroatoms. The van der Waals surface area contributed by atoms with Crippen molar-refractivity contribution in [2.24, 2.45) is 21.8 Å². The minimum Gasteiger partial charge on any atom is -0.506 e. The Morgan fingerprint density at radius 3 is 1.42 bits per heavy atom. The van der Waals surface area contributed by atoms with Crippen molar-refractivity contribution in [2.75, 3.05) is 10.6 Å². The molecule has 0 radical (unpaired) electrons. The van der Waals surface area contributed by atoms with Crippen LogP contribution in [0.25, 0.3) is 0 Å². The number of nitrogens with zero attached hydrogens (tertiary/aromatic N) is 2. The number of amides is 4. The van der Waals surface area contributed by atoms with Gasteiger partial charge in [-0.25, -0.2) is 14.8 Å². The molecule has 4 aliphatic rings. The molecular weight excluding hydrogens is 717 g/mol. The summed E-state index contributed by atoms with van der Waals surface area (Å²) in [6.45, 7) is 0. The Labute approximate surface area is 297 Å². The van der Waals surface area contributed by atoms with Crippen LogP contribution >= 0.6 is 0 Å². The van der Waals surface area contributed by atoms with E-state index in [0.717, 1.165) is 0 Å². The molecule has 268 valence electrons. The fraction of sp³-hybridized carbons (Fsp3) is 0.171. The number of aliphatic imine (C=N–C) groups is 2. The lowest BCUT2D eigenvalue weighted by Crippen LogP contribution is -2.27. The Morgan fingerprint density at radius 1 is 0.635 bits per heavy atom. The zero-order valence-corrected chi connectivity index (χ0v) is 28.6. The quantitative estimate of drug-likeness (QED) is 0.198. The molecule has 2 aromatic rings. The van der Waals surface area contributed by atoms with Gasteiger partial charge in [0.25, 0.3) is 32.1 Å². The number of carbonyl (C=O) groups is 3. The van der Waals surface area contributed by atoms with Crippen molar-refractivity contribution < 1.29 is 50.5 Å². The number of nitrogens with one attached hydrogen (secondary N) is 2. The number of urea groups is 1. The van der Waals surface area contributed by atoms with Crippen LogP contribution < -0.4 is 10.6 Å². The number of carbonyl (C=O) groups excluding carboxylic acids is 3. The summed E-state index contributed by atoms with van der Waals surface area (Å²) >= 11 is 0. The van der Waals surface area contributed by atoms with Gasteiger partial charge in [0.05, 0.1) is 21.2 Å². The molecule has 0 spiro atoms. The van der Waals surface area contributed by atoms with Crippen LogP contribution in [-0.4, -0.2) is 65.4 Å². The van der Waals surface area contributed by atoms with Crippen LogP contribution in [0.5, 0.6) is 0 Å². The number of allylic oxidation sites excluding steroid dienone is 12. The maximum Gasteiger partial charge on any atom is 0.323 e. The molecule has 0 saturated heterocycles. The van der Waals surface area contributed by atoms with Crippen LogP contribution in [0.15, 0.2) is 127 Å². The molecule has 0 aliphatic heterocycles. The van der Waals surface area contributed by atoms with E-state index in [0.29, 0.717) is 24.0 Å². The molecule has 2 aromatic carbocycles. The summed E-state index contributed by atoms with van der Waals surface area (Å²) in [5.41, 5.74) is 1.75. The highest BCUT2D eigenvalue weighted by molar-refractivity contribution is 7.90. The summed E-state index contributed by atoms with van der Waals surface area (Å²) in [7, 11) is -8.99. The normalized spacial score (nSPS) is 21.7. The highest BCUT2D eigenvalue weighted by atomic mass is 32.2. The second kappa shape index (κ2) is 14.1. The summed E-state index contributed by atoms with van der Waals surface area (Å²) in [6.07, 6.45) is 8.67. The van der Waals surface area contributed by atoms with Crippen LogP contribution in [0.4, 0.5) is 16.2 Å². The van der Waals surface area contributed by atoms with E-state index in [1.165, 1.54) is 85.0 Å². The van der Waals surface area contributed by atoms with Gasteiger partial charge in [-0.3, -0.25) is 18.7 Å². The fourth-order valence-corrected chi connectivity index (χ4v) is 7.38. The van der Waals surface area contributed by atoms with Crippen molar-refractivity contribution in [1.29, 1.82) is 0 Å². The lowest BCUT2D eigenvalue weighted by Gasteiger charge is -2.28. The first-order valence-corrected chi connectivity index (χ1v) is 18.5. The average Bonchev–Trinajstić information content (AvgIpc) is 3.09. The molecule has 2 unspecified atom stereocenters. The number of benzene rings is 2. The molecule has 52 heavy (non-hydrogen) atoms. The number of anilines is 2. The summed E-state index contributed by atoms with van der Waals surface area (Å²) < 4.78 is 65.9. The molecule has 6 rings (SSSR count). The molecule has 0 bridgehead atoms. The van der Waals surface area contributed by atoms with Crippen LogP contribution in [0.2, 0.25) is 0 Å². The highest BCUT2D eigenvalue weighted by Gasteiger charge is 2.35. The summed E-state index contributed by atoms with van der Waals surface area (Å²) in [5, 5.41) is 26.2. The first-order valence-electron chi connectivity index (χ1n) is 15.6. The van der Waals surface area contributed by atoms with Crippen molar-refractivity contribution in [3.63, 3.8) is 0 Å². The van der Waals surface area contributed by atoms with Crippen molar-refractivity contribution in [3.8, 4) is 0 Å². The topological polar surface area (TPSA) is 249 Å². The van der Waals surface area contributed by atoms with Gasteiger partial charge in [0.2, 0.25) is 0 Å². The lowest BCUT2D eigenvalue weighted by molar-refractivity contribution is 0.0993. The molecule has 0 saturated carbocycles. The molecule has 4 amide bonds. The van der Waals surface area contributed by atoms with Gasteiger partial charge in [0.15, 0.2) is 0 Å². The highest BCUT2D eigenvalue weighted by Crippen LogP contribution is 2.37. The predicted octanol–water partition coefficient (Wildman–Crippen LogP) is 5.62. The summed E-state index contributed by atoms with van der Waals surface area (Å²) in [4.78, 5) is 46.9. The Bertz CT molecular complexity index is 2230. The molecule has 0 fully saturated rings. The number of aliphatic hydroxyl groups excluding tert-OH is 2. The van der Waals surface area contributed by atoms with Gasteiger partial charge in [-0.05, 0) is 86.4 Å². The maximum absolute atomic E-state index is 13.2. The minimum absolute atomic E-state index is 0.0393. The first kappa shape index (κ1) is 36.1. The summed E-state index contributed by atoms with van der Waals surface area (Å²) in [5.74, 6) is -3.65. The van der Waals surface area contributed by atoms with Gasteiger partial charge in [0, 0.05) is 34.3 Å². The molecule has 6 N–H and O–H groups in total. The van der Waals surface area contributed by atoms with Gasteiger partial charge < -0.3 is 20.8 Å². The monoisotopic (exact) mass is 746 g/mol. The lowest BCUT2D eigenvalue weighted by atomic mass is 9.81. The van der Waals surface area contributed by atoms with E-state index >= 15 is 0 Å². The number of hydrogen-bond acceptors (Lipinski definition) is 9. The van der Waals surface area contributed by atoms with Gasteiger partial charge in [-0.15, -0.1) is 0 Å². The second-order valence-electron chi connectivity index (χ2n) is 12.1. The number of hydrogen-bond donors (Lipinski definition) is 6. The van der Waals surface area contributed by atoms with Gasteiger partial charge in [0.1, 0.15) is 11.5 Å². The molecule has 4 aliphatic carbocycles. The molecule has 0 heterocycles.